The fourth-order valence-electron chi connectivity index (χ4n) is 4.67. The first kappa shape index (κ1) is 26.6. The number of aromatic nitrogens is 2. The number of carbonyl (C=O) groups is 3. The van der Waals surface area contributed by atoms with Gasteiger partial charge in [0.05, 0.1) is 0 Å². The number of aliphatic carboxylic acids is 1. The summed E-state index contributed by atoms with van der Waals surface area (Å²) in [6, 6.07) is 3.18. The van der Waals surface area contributed by atoms with Crippen molar-refractivity contribution in [3.63, 3.8) is 0 Å². The van der Waals surface area contributed by atoms with Crippen molar-refractivity contribution < 1.29 is 28.9 Å². The molecule has 0 radical (unpaired) electrons. The van der Waals surface area contributed by atoms with Gasteiger partial charge in [0, 0.05) is 34.8 Å². The molecule has 0 unspecified atom stereocenters. The van der Waals surface area contributed by atoms with Gasteiger partial charge in [-0.15, -0.1) is 23.1 Å². The van der Waals surface area contributed by atoms with E-state index in [1.54, 1.807) is 5.38 Å². The third-order valence-electron chi connectivity index (χ3n) is 6.20. The van der Waals surface area contributed by atoms with Gasteiger partial charge in [0.25, 0.3) is 11.8 Å². The average molecular weight is 540 g/mol. The number of hydrogen-bond donors (Lipinski definition) is 3. The van der Waals surface area contributed by atoms with Crippen LogP contribution in [0, 0.1) is 0 Å². The summed E-state index contributed by atoms with van der Waals surface area (Å²) in [5.74, 6) is -1.86. The minimum atomic E-state index is -1.16. The summed E-state index contributed by atoms with van der Waals surface area (Å²) >= 11 is 2.57. The molecule has 0 saturated carbocycles. The quantitative estimate of drug-likeness (QED) is 0.142. The number of nitrogen functional groups attached to an aromatic ring is 1. The molecule has 2 aromatic heterocycles. The van der Waals surface area contributed by atoms with Crippen LogP contribution in [0.1, 0.15) is 23.4 Å². The number of oxime groups is 1. The molecule has 4 heterocycles. The Hall–Kier alpha value is -2.45. The molecule has 36 heavy (non-hydrogen) atoms. The van der Waals surface area contributed by atoms with Crippen LogP contribution in [0.25, 0.3) is 0 Å². The van der Waals surface area contributed by atoms with Gasteiger partial charge in [-0.1, -0.05) is 5.16 Å². The Morgan fingerprint density at radius 2 is 2.22 bits per heavy atom. The van der Waals surface area contributed by atoms with E-state index in [0.717, 1.165) is 30.6 Å². The summed E-state index contributed by atoms with van der Waals surface area (Å²) in [5, 5.41) is 17.7. The second-order valence-electron chi connectivity index (χ2n) is 8.27. The Morgan fingerprint density at radius 3 is 2.92 bits per heavy atom. The predicted octanol–water partition coefficient (Wildman–Crippen LogP) is -0.358. The number of carboxylic acid groups (broad SMARTS) is 1. The normalized spacial score (nSPS) is 20.8. The van der Waals surface area contributed by atoms with Crippen LogP contribution in [-0.2, 0) is 38.6 Å². The van der Waals surface area contributed by atoms with E-state index in [1.165, 1.54) is 35.0 Å². The monoisotopic (exact) mass is 539 g/mol. The Morgan fingerprint density at radius 1 is 1.42 bits per heavy atom. The van der Waals surface area contributed by atoms with Crippen LogP contribution >= 0.6 is 23.1 Å². The van der Waals surface area contributed by atoms with Gasteiger partial charge in [-0.25, -0.2) is 9.78 Å². The van der Waals surface area contributed by atoms with Crippen molar-refractivity contribution in [1.82, 2.24) is 15.2 Å². The number of amides is 2. The summed E-state index contributed by atoms with van der Waals surface area (Å²) in [7, 11) is 1.29. The number of rotatable bonds is 7. The van der Waals surface area contributed by atoms with Gasteiger partial charge in [-0.05, 0) is 18.9 Å². The molecular weight excluding hydrogens is 515 g/mol. The Balaban J connectivity index is 0.00000304. The zero-order chi connectivity index (χ0) is 24.7. The van der Waals surface area contributed by atoms with Gasteiger partial charge < -0.3 is 21.0 Å². The number of anilines is 1. The van der Waals surface area contributed by atoms with Crippen molar-refractivity contribution in [3.05, 3.63) is 51.9 Å². The number of carboxylic acids is 1. The zero-order valence-electron chi connectivity index (χ0n) is 18.8. The van der Waals surface area contributed by atoms with E-state index in [9.17, 15) is 19.5 Å². The van der Waals surface area contributed by atoms with Crippen LogP contribution < -0.4 is 15.6 Å². The molecule has 0 aromatic carbocycles. The number of β-lactam (4-membered cyclic amide) rings is 1. The summed E-state index contributed by atoms with van der Waals surface area (Å²) in [6.07, 6.45) is 5.01. The van der Waals surface area contributed by atoms with E-state index in [4.69, 9.17) is 10.6 Å². The molecule has 2 amide bonds. The fraction of sp³-hybridized carbons (Fsp3) is 0.364. The SMILES string of the molecule is CO/N=C(/C(=O)N[C@@H]1C(=O)N2C(C(=O)O)=C(C[n+]3cccc4c3CCC4)CS[C@H]12)c1csc(N)n1.[NaH]. The number of nitrogens with one attached hydrogen (secondary N) is 1. The second kappa shape index (κ2) is 10.9. The molecule has 11 nitrogen and oxygen atoms in total. The van der Waals surface area contributed by atoms with Gasteiger partial charge in [-0.2, -0.15) is 4.57 Å². The molecule has 3 aliphatic rings. The topological polar surface area (TPSA) is 151 Å². The van der Waals surface area contributed by atoms with E-state index in [0.29, 0.717) is 17.9 Å². The Labute approximate surface area is 237 Å². The van der Waals surface area contributed by atoms with Crippen LogP contribution in [0.4, 0.5) is 5.13 Å². The standard InChI is InChI=1S/C22H22N6O5S2.Na.H/c1-33-26-15(13-10-35-22(23)24-13)18(29)25-16-19(30)28-17(21(31)32)12(9-34-20(16)28)8-27-7-3-5-11-4-2-6-14(11)27;;/h3,5,7,10,16,20H,2,4,6,8-9H2,1H3,(H3-,23,24,25,29,31,32);;/p+1/b26-15+;;/t16-,20-;;/m1../s1. The van der Waals surface area contributed by atoms with Crippen molar-refractivity contribution in [2.45, 2.75) is 37.2 Å². The average Bonchev–Trinajstić information content (AvgIpc) is 3.49. The molecular formula is C22H24N6NaO5S2+. The molecule has 2 aromatic rings. The van der Waals surface area contributed by atoms with E-state index in [1.807, 2.05) is 12.3 Å². The first-order chi connectivity index (χ1) is 16.9. The van der Waals surface area contributed by atoms with Crippen molar-refractivity contribution in [3.8, 4) is 0 Å². The second-order valence-corrected chi connectivity index (χ2v) is 10.3. The molecule has 5 rings (SSSR count). The van der Waals surface area contributed by atoms with Crippen LogP contribution in [-0.4, -0.2) is 92.3 Å². The molecule has 2 atom stereocenters. The van der Waals surface area contributed by atoms with E-state index < -0.39 is 29.2 Å². The van der Waals surface area contributed by atoms with E-state index in [2.05, 4.69) is 26.1 Å². The minimum absolute atomic E-state index is 0. The first-order valence-electron chi connectivity index (χ1n) is 10.9. The zero-order valence-corrected chi connectivity index (χ0v) is 20.4. The van der Waals surface area contributed by atoms with E-state index >= 15 is 0 Å². The number of carbonyl (C=O) groups excluding carboxylic acids is 2. The van der Waals surface area contributed by atoms with Gasteiger partial charge in [0.2, 0.25) is 0 Å². The first-order valence-corrected chi connectivity index (χ1v) is 12.9. The fourth-order valence-corrected chi connectivity index (χ4v) is 6.56. The van der Waals surface area contributed by atoms with Crippen molar-refractivity contribution in [2.75, 3.05) is 18.6 Å². The van der Waals surface area contributed by atoms with E-state index in [-0.39, 0.29) is 51.8 Å². The summed E-state index contributed by atoms with van der Waals surface area (Å²) in [4.78, 5) is 48.2. The van der Waals surface area contributed by atoms with Gasteiger partial charge in [0.1, 0.15) is 29.9 Å². The maximum absolute atomic E-state index is 13.0. The number of nitrogens with two attached hydrogens (primary N) is 1. The molecule has 14 heteroatoms. The summed E-state index contributed by atoms with van der Waals surface area (Å²) < 4.78 is 2.08. The number of hydrogen-bond acceptors (Lipinski definition) is 9. The molecule has 184 valence electrons. The Bertz CT molecular complexity index is 1300. The molecule has 0 spiro atoms. The maximum atomic E-state index is 13.0. The van der Waals surface area contributed by atoms with Gasteiger partial charge in [0.15, 0.2) is 29.3 Å². The van der Waals surface area contributed by atoms with Crippen molar-refractivity contribution in [2.24, 2.45) is 5.16 Å². The van der Waals surface area contributed by atoms with Gasteiger partial charge in [-0.3, -0.25) is 14.5 Å². The molecule has 1 fully saturated rings. The summed E-state index contributed by atoms with van der Waals surface area (Å²) in [5.41, 5.74) is 8.92. The van der Waals surface area contributed by atoms with Crippen LogP contribution in [0.5, 0.6) is 0 Å². The molecule has 0 bridgehead atoms. The number of aryl methyl sites for hydroxylation is 1. The van der Waals surface area contributed by atoms with Crippen molar-refractivity contribution in [1.29, 1.82) is 0 Å². The predicted molar refractivity (Wildman–Crippen MR) is 136 cm³/mol. The van der Waals surface area contributed by atoms with Gasteiger partial charge >= 0.3 is 35.5 Å². The molecule has 1 saturated heterocycles. The Kier molecular flexibility index (Phi) is 8.05. The number of thiazole rings is 1. The number of nitrogens with zero attached hydrogens (tertiary/aromatic N) is 4. The third-order valence-corrected chi connectivity index (χ3v) is 8.21. The molecule has 4 N–H and O–H groups in total. The summed E-state index contributed by atoms with van der Waals surface area (Å²) in [6.45, 7) is 0.404. The molecule has 2 aliphatic heterocycles. The third kappa shape index (κ3) is 4.77. The number of pyridine rings is 1. The molecule has 1 aliphatic carbocycles. The number of thioether (sulfide) groups is 1. The van der Waals surface area contributed by atoms with Crippen LogP contribution in [0.3, 0.4) is 0 Å². The van der Waals surface area contributed by atoms with Crippen LogP contribution in [0.15, 0.2) is 40.1 Å². The van der Waals surface area contributed by atoms with Crippen molar-refractivity contribution >= 4 is 81.3 Å². The number of fused-ring (bicyclic) bond motifs is 2. The van der Waals surface area contributed by atoms with Crippen LogP contribution in [0.2, 0.25) is 0 Å².